The van der Waals surface area contributed by atoms with E-state index in [-0.39, 0.29) is 0 Å². The number of sulfonamides is 1. The third-order valence-corrected chi connectivity index (χ3v) is 5.52. The molecule has 5 heteroatoms. The fraction of sp³-hybridized carbons (Fsp3) is 0.625. The van der Waals surface area contributed by atoms with Gasteiger partial charge in [-0.25, -0.2) is 12.7 Å². The molecule has 1 aromatic carbocycles. The highest BCUT2D eigenvalue weighted by molar-refractivity contribution is 7.88. The van der Waals surface area contributed by atoms with E-state index in [0.717, 1.165) is 25.7 Å². The van der Waals surface area contributed by atoms with Gasteiger partial charge in [0.1, 0.15) is 0 Å². The van der Waals surface area contributed by atoms with E-state index >= 15 is 0 Å². The molecule has 1 saturated heterocycles. The van der Waals surface area contributed by atoms with E-state index in [1.54, 1.807) is 4.31 Å². The molecule has 118 valence electrons. The third-order valence-electron chi connectivity index (χ3n) is 4.21. The monoisotopic (exact) mass is 310 g/mol. The van der Waals surface area contributed by atoms with Crippen LogP contribution in [0, 0.1) is 0 Å². The average molecular weight is 310 g/mol. The minimum Gasteiger partial charge on any atom is -0.311 e. The maximum Gasteiger partial charge on any atom is 0.211 e. The Balaban J connectivity index is 1.84. The van der Waals surface area contributed by atoms with Crippen molar-refractivity contribution in [1.29, 1.82) is 0 Å². The molecule has 0 aliphatic carbocycles. The van der Waals surface area contributed by atoms with Crippen LogP contribution in [0.25, 0.3) is 0 Å². The topological polar surface area (TPSA) is 49.4 Å². The van der Waals surface area contributed by atoms with Gasteiger partial charge in [-0.3, -0.25) is 0 Å². The van der Waals surface area contributed by atoms with Crippen LogP contribution in [0.1, 0.15) is 31.7 Å². The van der Waals surface area contributed by atoms with Gasteiger partial charge in [-0.1, -0.05) is 37.3 Å². The molecule has 4 nitrogen and oxygen atoms in total. The first-order valence-electron chi connectivity index (χ1n) is 7.74. The Morgan fingerprint density at radius 1 is 1.24 bits per heavy atom. The molecular formula is C16H26N2O2S. The zero-order valence-electron chi connectivity index (χ0n) is 13.0. The van der Waals surface area contributed by atoms with Gasteiger partial charge in [0.2, 0.25) is 10.0 Å². The van der Waals surface area contributed by atoms with Gasteiger partial charge in [0.25, 0.3) is 0 Å². The van der Waals surface area contributed by atoms with E-state index < -0.39 is 10.0 Å². The quantitative estimate of drug-likeness (QED) is 0.874. The van der Waals surface area contributed by atoms with E-state index in [9.17, 15) is 8.42 Å². The van der Waals surface area contributed by atoms with Gasteiger partial charge in [0.05, 0.1) is 6.26 Å². The summed E-state index contributed by atoms with van der Waals surface area (Å²) >= 11 is 0. The number of nitrogens with one attached hydrogen (secondary N) is 1. The summed E-state index contributed by atoms with van der Waals surface area (Å²) in [4.78, 5) is 0. The molecular weight excluding hydrogens is 284 g/mol. The molecule has 0 amide bonds. The van der Waals surface area contributed by atoms with Gasteiger partial charge < -0.3 is 5.32 Å². The Hall–Kier alpha value is -0.910. The van der Waals surface area contributed by atoms with Crippen LogP contribution in [0.4, 0.5) is 0 Å². The molecule has 0 aromatic heterocycles. The molecule has 2 rings (SSSR count). The Labute approximate surface area is 128 Å². The van der Waals surface area contributed by atoms with Gasteiger partial charge in [0, 0.05) is 25.2 Å². The van der Waals surface area contributed by atoms with Crippen molar-refractivity contribution in [3.8, 4) is 0 Å². The molecule has 0 saturated carbocycles. The van der Waals surface area contributed by atoms with Gasteiger partial charge in [-0.15, -0.1) is 0 Å². The Bertz CT molecular complexity index is 522. The fourth-order valence-corrected chi connectivity index (χ4v) is 3.78. The molecule has 1 aliphatic rings. The summed E-state index contributed by atoms with van der Waals surface area (Å²) in [7, 11) is -3.03. The Kier molecular flexibility index (Phi) is 5.79. The normalized spacial score (nSPS) is 19.5. The first-order chi connectivity index (χ1) is 9.99. The van der Waals surface area contributed by atoms with E-state index in [2.05, 4.69) is 36.5 Å². The SMILES string of the molecule is CCC(Cc1ccccc1)NC1CCN(S(C)(=O)=O)CC1. The lowest BCUT2D eigenvalue weighted by Crippen LogP contribution is -2.47. The van der Waals surface area contributed by atoms with Crippen molar-refractivity contribution in [2.45, 2.75) is 44.7 Å². The van der Waals surface area contributed by atoms with E-state index in [4.69, 9.17) is 0 Å². The minimum absolute atomic E-state index is 0.427. The van der Waals surface area contributed by atoms with Crippen LogP contribution in [0.15, 0.2) is 30.3 Å². The van der Waals surface area contributed by atoms with Crippen LogP contribution in [-0.2, 0) is 16.4 Å². The number of hydrogen-bond donors (Lipinski definition) is 1. The lowest BCUT2D eigenvalue weighted by Gasteiger charge is -2.33. The van der Waals surface area contributed by atoms with Crippen LogP contribution in [0.5, 0.6) is 0 Å². The molecule has 1 N–H and O–H groups in total. The second-order valence-corrected chi connectivity index (χ2v) is 7.88. The largest absolute Gasteiger partial charge is 0.311 e. The van der Waals surface area contributed by atoms with Crippen LogP contribution in [0.3, 0.4) is 0 Å². The maximum atomic E-state index is 11.5. The predicted molar refractivity (Wildman–Crippen MR) is 86.8 cm³/mol. The summed E-state index contributed by atoms with van der Waals surface area (Å²) in [6.07, 6.45) is 5.21. The van der Waals surface area contributed by atoms with Crippen molar-refractivity contribution >= 4 is 10.0 Å². The van der Waals surface area contributed by atoms with Crippen molar-refractivity contribution in [2.24, 2.45) is 0 Å². The highest BCUT2D eigenvalue weighted by Gasteiger charge is 2.25. The van der Waals surface area contributed by atoms with Gasteiger partial charge in [0.15, 0.2) is 0 Å². The van der Waals surface area contributed by atoms with Crippen molar-refractivity contribution in [3.63, 3.8) is 0 Å². The third kappa shape index (κ3) is 5.09. The highest BCUT2D eigenvalue weighted by atomic mass is 32.2. The van der Waals surface area contributed by atoms with Crippen molar-refractivity contribution in [2.75, 3.05) is 19.3 Å². The molecule has 0 spiro atoms. The fourth-order valence-electron chi connectivity index (χ4n) is 2.91. The molecule has 1 aliphatic heterocycles. The summed E-state index contributed by atoms with van der Waals surface area (Å²) in [5.74, 6) is 0. The number of piperidine rings is 1. The van der Waals surface area contributed by atoms with E-state index in [1.807, 2.05) is 6.07 Å². The standard InChI is InChI=1S/C16H26N2O2S/c1-3-15(13-14-7-5-4-6-8-14)17-16-9-11-18(12-10-16)21(2,19)20/h4-8,15-17H,3,9-13H2,1-2H3. The molecule has 1 unspecified atom stereocenters. The maximum absolute atomic E-state index is 11.5. The van der Waals surface area contributed by atoms with Crippen LogP contribution in [0.2, 0.25) is 0 Å². The molecule has 0 bridgehead atoms. The number of rotatable bonds is 6. The summed E-state index contributed by atoms with van der Waals surface area (Å²) in [6.45, 7) is 3.47. The zero-order chi connectivity index (χ0) is 15.3. The van der Waals surface area contributed by atoms with Gasteiger partial charge >= 0.3 is 0 Å². The molecule has 1 aromatic rings. The summed E-state index contributed by atoms with van der Waals surface area (Å²) in [5.41, 5.74) is 1.35. The lowest BCUT2D eigenvalue weighted by molar-refractivity contribution is 0.271. The molecule has 21 heavy (non-hydrogen) atoms. The van der Waals surface area contributed by atoms with Crippen molar-refractivity contribution < 1.29 is 8.42 Å². The van der Waals surface area contributed by atoms with E-state index in [0.29, 0.717) is 25.2 Å². The predicted octanol–water partition coefficient (Wildman–Crippen LogP) is 2.02. The Morgan fingerprint density at radius 2 is 1.86 bits per heavy atom. The number of benzene rings is 1. The van der Waals surface area contributed by atoms with Crippen molar-refractivity contribution in [1.82, 2.24) is 9.62 Å². The average Bonchev–Trinajstić information content (AvgIpc) is 2.47. The molecule has 0 radical (unpaired) electrons. The molecule has 1 heterocycles. The lowest BCUT2D eigenvalue weighted by atomic mass is 10.00. The van der Waals surface area contributed by atoms with Gasteiger partial charge in [-0.05, 0) is 31.2 Å². The van der Waals surface area contributed by atoms with Gasteiger partial charge in [-0.2, -0.15) is 0 Å². The summed E-state index contributed by atoms with van der Waals surface area (Å²) in [6, 6.07) is 11.4. The van der Waals surface area contributed by atoms with E-state index in [1.165, 1.54) is 11.8 Å². The van der Waals surface area contributed by atoms with Crippen LogP contribution >= 0.6 is 0 Å². The first kappa shape index (κ1) is 16.5. The van der Waals surface area contributed by atoms with Crippen molar-refractivity contribution in [3.05, 3.63) is 35.9 Å². The molecule has 1 fully saturated rings. The first-order valence-corrected chi connectivity index (χ1v) is 9.59. The molecule has 1 atom stereocenters. The Morgan fingerprint density at radius 3 is 2.38 bits per heavy atom. The second-order valence-electron chi connectivity index (χ2n) is 5.90. The smallest absolute Gasteiger partial charge is 0.211 e. The second kappa shape index (κ2) is 7.38. The van der Waals surface area contributed by atoms with Crippen LogP contribution < -0.4 is 5.32 Å². The zero-order valence-corrected chi connectivity index (χ0v) is 13.8. The summed E-state index contributed by atoms with van der Waals surface area (Å²) in [5, 5.41) is 3.70. The summed E-state index contributed by atoms with van der Waals surface area (Å²) < 4.78 is 24.6. The number of hydrogen-bond acceptors (Lipinski definition) is 3. The minimum atomic E-state index is -3.03. The number of nitrogens with zero attached hydrogens (tertiary/aromatic N) is 1. The highest BCUT2D eigenvalue weighted by Crippen LogP contribution is 2.15. The van der Waals surface area contributed by atoms with Crippen LogP contribution in [-0.4, -0.2) is 44.2 Å².